The molecule has 0 fully saturated rings. The lowest BCUT2D eigenvalue weighted by Gasteiger charge is -2.06. The van der Waals surface area contributed by atoms with E-state index in [0.29, 0.717) is 0 Å². The van der Waals surface area contributed by atoms with E-state index < -0.39 is 11.4 Å². The minimum atomic E-state index is -0.476. The maximum absolute atomic E-state index is 13.0. The van der Waals surface area contributed by atoms with E-state index >= 15 is 0 Å². The fraction of sp³-hybridized carbons (Fsp3) is 0.100. The first-order valence-corrected chi connectivity index (χ1v) is 5.59. The summed E-state index contributed by atoms with van der Waals surface area (Å²) in [6.07, 6.45) is 0. The molecule has 0 aliphatic rings. The quantitative estimate of drug-likeness (QED) is 0.485. The summed E-state index contributed by atoms with van der Waals surface area (Å²) in [5.41, 5.74) is -0.229. The van der Waals surface area contributed by atoms with E-state index in [0.717, 1.165) is 22.5 Å². The molecule has 17 heavy (non-hydrogen) atoms. The Labute approximate surface area is 99.6 Å². The van der Waals surface area contributed by atoms with Gasteiger partial charge in [0.1, 0.15) is 5.82 Å². The fourth-order valence-corrected chi connectivity index (χ4v) is 1.93. The molecule has 1 heterocycles. The molecule has 0 aliphatic carbocycles. The van der Waals surface area contributed by atoms with Crippen molar-refractivity contribution < 1.29 is 4.39 Å². The highest BCUT2D eigenvalue weighted by molar-refractivity contribution is 7.99. The van der Waals surface area contributed by atoms with Crippen LogP contribution < -0.4 is 11.4 Å². The van der Waals surface area contributed by atoms with Gasteiger partial charge < -0.3 is 5.84 Å². The molecule has 5 nitrogen and oxygen atoms in total. The molecule has 0 radical (unpaired) electrons. The Morgan fingerprint density at radius 1 is 1.59 bits per heavy atom. The summed E-state index contributed by atoms with van der Waals surface area (Å²) in [5.74, 6) is 5.18. The van der Waals surface area contributed by atoms with Gasteiger partial charge in [0.05, 0.1) is 22.7 Å². The number of hydrogen-bond acceptors (Lipinski definition) is 5. The number of thioether (sulfide) groups is 1. The van der Waals surface area contributed by atoms with Crippen LogP contribution >= 0.6 is 11.8 Å². The van der Waals surface area contributed by atoms with Gasteiger partial charge in [-0.25, -0.2) is 14.1 Å². The molecular weight excluding hydrogens is 243 g/mol. The highest BCUT2D eigenvalue weighted by Gasteiger charge is 2.09. The molecule has 2 aromatic rings. The normalized spacial score (nSPS) is 10.4. The molecule has 7 heteroatoms. The summed E-state index contributed by atoms with van der Waals surface area (Å²) in [5, 5.41) is 8.89. The topological polar surface area (TPSA) is 84.7 Å². The first kappa shape index (κ1) is 11.4. The Balaban J connectivity index is 2.68. The second kappa shape index (κ2) is 4.43. The average Bonchev–Trinajstić information content (AvgIpc) is 2.31. The highest BCUT2D eigenvalue weighted by Crippen LogP contribution is 2.16. The van der Waals surface area contributed by atoms with Crippen LogP contribution in [0.4, 0.5) is 4.39 Å². The second-order valence-corrected chi connectivity index (χ2v) is 4.12. The molecule has 0 spiro atoms. The molecule has 0 unspecified atom stereocenters. The van der Waals surface area contributed by atoms with E-state index in [1.54, 1.807) is 0 Å². The Morgan fingerprint density at radius 2 is 2.35 bits per heavy atom. The van der Waals surface area contributed by atoms with Crippen LogP contribution in [0.2, 0.25) is 0 Å². The maximum Gasteiger partial charge on any atom is 0.280 e. The lowest BCUT2D eigenvalue weighted by molar-refractivity contribution is 0.628. The summed E-state index contributed by atoms with van der Waals surface area (Å²) >= 11 is 1.03. The van der Waals surface area contributed by atoms with Crippen LogP contribution in [0.5, 0.6) is 0 Å². The number of rotatable bonds is 2. The van der Waals surface area contributed by atoms with Crippen LogP contribution in [0.1, 0.15) is 0 Å². The first-order chi connectivity index (χ1) is 8.13. The average molecular weight is 250 g/mol. The monoisotopic (exact) mass is 250 g/mol. The number of nitrogens with two attached hydrogens (primary N) is 1. The SMILES string of the molecule is N#CCSc1nc2cc(F)ccc2c(=O)n1N. The van der Waals surface area contributed by atoms with Crippen molar-refractivity contribution in [3.05, 3.63) is 34.4 Å². The van der Waals surface area contributed by atoms with Gasteiger partial charge in [0.25, 0.3) is 5.56 Å². The number of nitrogens with zero attached hydrogens (tertiary/aromatic N) is 3. The number of hydrogen-bond donors (Lipinski definition) is 1. The molecule has 0 atom stereocenters. The summed E-state index contributed by atoms with van der Waals surface area (Å²) in [4.78, 5) is 15.8. The van der Waals surface area contributed by atoms with Crippen LogP contribution in [0.3, 0.4) is 0 Å². The van der Waals surface area contributed by atoms with E-state index in [2.05, 4.69) is 4.98 Å². The zero-order valence-electron chi connectivity index (χ0n) is 8.55. The van der Waals surface area contributed by atoms with Crippen molar-refractivity contribution in [3.63, 3.8) is 0 Å². The third kappa shape index (κ3) is 2.07. The molecule has 2 N–H and O–H groups in total. The zero-order chi connectivity index (χ0) is 12.4. The Morgan fingerprint density at radius 3 is 3.06 bits per heavy atom. The summed E-state index contributed by atoms with van der Waals surface area (Å²) in [7, 11) is 0. The standard InChI is InChI=1S/C10H7FN4OS/c11-6-1-2-7-8(5-6)14-10(17-4-3-12)15(13)9(7)16/h1-2,5H,4,13H2. The van der Waals surface area contributed by atoms with Gasteiger partial charge in [-0.3, -0.25) is 4.79 Å². The van der Waals surface area contributed by atoms with Crippen molar-refractivity contribution in [3.8, 4) is 6.07 Å². The van der Waals surface area contributed by atoms with Crippen molar-refractivity contribution in [1.82, 2.24) is 9.66 Å². The first-order valence-electron chi connectivity index (χ1n) is 4.60. The Kier molecular flexibility index (Phi) is 2.97. The van der Waals surface area contributed by atoms with E-state index in [4.69, 9.17) is 11.1 Å². The van der Waals surface area contributed by atoms with Gasteiger partial charge in [-0.15, -0.1) is 0 Å². The highest BCUT2D eigenvalue weighted by atomic mass is 32.2. The van der Waals surface area contributed by atoms with E-state index in [1.807, 2.05) is 6.07 Å². The molecule has 1 aromatic heterocycles. The van der Waals surface area contributed by atoms with Gasteiger partial charge in [0.2, 0.25) is 0 Å². The third-order valence-electron chi connectivity index (χ3n) is 2.10. The molecule has 0 aliphatic heterocycles. The second-order valence-electron chi connectivity index (χ2n) is 3.18. The Bertz CT molecular complexity index is 676. The van der Waals surface area contributed by atoms with Crippen LogP contribution in [-0.2, 0) is 0 Å². The summed E-state index contributed by atoms with van der Waals surface area (Å²) in [6.45, 7) is 0. The maximum atomic E-state index is 13.0. The molecule has 2 rings (SSSR count). The third-order valence-corrected chi connectivity index (χ3v) is 2.92. The van der Waals surface area contributed by atoms with Gasteiger partial charge in [-0.05, 0) is 12.1 Å². The lowest BCUT2D eigenvalue weighted by atomic mass is 10.2. The number of nitriles is 1. The molecule has 0 amide bonds. The number of nitrogen functional groups attached to an aromatic ring is 1. The van der Waals surface area contributed by atoms with Gasteiger partial charge in [0, 0.05) is 6.07 Å². The molecule has 0 bridgehead atoms. The van der Waals surface area contributed by atoms with Gasteiger partial charge in [0.15, 0.2) is 5.16 Å². The van der Waals surface area contributed by atoms with Gasteiger partial charge in [-0.2, -0.15) is 5.26 Å². The van der Waals surface area contributed by atoms with Crippen molar-refractivity contribution in [2.24, 2.45) is 0 Å². The van der Waals surface area contributed by atoms with Crippen molar-refractivity contribution in [2.75, 3.05) is 11.6 Å². The van der Waals surface area contributed by atoms with E-state index in [1.165, 1.54) is 12.1 Å². The van der Waals surface area contributed by atoms with Crippen LogP contribution in [0, 0.1) is 17.1 Å². The van der Waals surface area contributed by atoms with Crippen molar-refractivity contribution in [2.45, 2.75) is 5.16 Å². The van der Waals surface area contributed by atoms with Crippen molar-refractivity contribution in [1.29, 1.82) is 5.26 Å². The number of aromatic nitrogens is 2. The molecular formula is C10H7FN4OS. The Hall–Kier alpha value is -2.07. The van der Waals surface area contributed by atoms with Crippen LogP contribution in [0.15, 0.2) is 28.2 Å². The van der Waals surface area contributed by atoms with Gasteiger partial charge >= 0.3 is 0 Å². The van der Waals surface area contributed by atoms with Gasteiger partial charge in [-0.1, -0.05) is 11.8 Å². The van der Waals surface area contributed by atoms with E-state index in [9.17, 15) is 9.18 Å². The smallest absolute Gasteiger partial charge is 0.280 e. The minimum Gasteiger partial charge on any atom is -0.334 e. The van der Waals surface area contributed by atoms with E-state index in [-0.39, 0.29) is 21.8 Å². The molecule has 1 aromatic carbocycles. The predicted octanol–water partition coefficient (Wildman–Crippen LogP) is 0.865. The largest absolute Gasteiger partial charge is 0.334 e. The summed E-state index contributed by atoms with van der Waals surface area (Å²) in [6, 6.07) is 5.57. The summed E-state index contributed by atoms with van der Waals surface area (Å²) < 4.78 is 13.9. The number of benzene rings is 1. The number of fused-ring (bicyclic) bond motifs is 1. The molecule has 86 valence electrons. The van der Waals surface area contributed by atoms with Crippen LogP contribution in [0.25, 0.3) is 10.9 Å². The predicted molar refractivity (Wildman–Crippen MR) is 62.4 cm³/mol. The lowest BCUT2D eigenvalue weighted by Crippen LogP contribution is -2.29. The van der Waals surface area contributed by atoms with Crippen molar-refractivity contribution >= 4 is 22.7 Å². The molecule has 0 saturated heterocycles. The minimum absolute atomic E-state index is 0.116. The number of halogens is 1. The van der Waals surface area contributed by atoms with Crippen LogP contribution in [-0.4, -0.2) is 15.4 Å². The molecule has 0 saturated carbocycles. The fourth-order valence-electron chi connectivity index (χ4n) is 1.35. The zero-order valence-corrected chi connectivity index (χ0v) is 9.37.